The highest BCUT2D eigenvalue weighted by Gasteiger charge is 2.22. The highest BCUT2D eigenvalue weighted by Crippen LogP contribution is 2.47. The van der Waals surface area contributed by atoms with Crippen molar-refractivity contribution >= 4 is 82.0 Å². The maximum absolute atomic E-state index is 2.51. The number of fused-ring (bicyclic) bond motifs is 11. The van der Waals surface area contributed by atoms with Crippen LogP contribution in [-0.2, 0) is 0 Å². The number of para-hydroxylation sites is 1. The molecule has 0 spiro atoms. The molecule has 0 bridgehead atoms. The summed E-state index contributed by atoms with van der Waals surface area (Å²) in [7, 11) is 0. The van der Waals surface area contributed by atoms with Crippen molar-refractivity contribution in [1.29, 1.82) is 0 Å². The number of hydrogen-bond donors (Lipinski definition) is 0. The summed E-state index contributed by atoms with van der Waals surface area (Å²) in [6.07, 6.45) is 0. The lowest BCUT2D eigenvalue weighted by atomic mass is 9.87. The van der Waals surface area contributed by atoms with Gasteiger partial charge in [-0.25, -0.2) is 0 Å². The maximum atomic E-state index is 2.51. The van der Waals surface area contributed by atoms with E-state index in [1.54, 1.807) is 0 Å². The lowest BCUT2D eigenvalue weighted by Gasteiger charge is -2.26. The van der Waals surface area contributed by atoms with Gasteiger partial charge in [0.2, 0.25) is 0 Å². The Morgan fingerprint density at radius 3 is 1.50 bits per heavy atom. The molecule has 0 aliphatic carbocycles. The normalized spacial score (nSPS) is 11.8. The molecule has 2 nitrogen and oxygen atoms in total. The zero-order valence-electron chi connectivity index (χ0n) is 31.4. The van der Waals surface area contributed by atoms with E-state index in [9.17, 15) is 0 Å². The Hall–Kier alpha value is -7.16. The highest BCUT2D eigenvalue weighted by molar-refractivity contribution is 6.37. The molecule has 0 N–H and O–H groups in total. The van der Waals surface area contributed by atoms with Crippen LogP contribution in [0.5, 0.6) is 0 Å². The summed E-state index contributed by atoms with van der Waals surface area (Å²) in [4.78, 5) is 2.35. The van der Waals surface area contributed by atoms with Crippen LogP contribution in [0.3, 0.4) is 0 Å². The van der Waals surface area contributed by atoms with Crippen LogP contribution in [0.1, 0.15) is 11.1 Å². The number of nitrogens with zero attached hydrogens (tertiary/aromatic N) is 2. The standard InChI is InChI=1S/C54H38N2/c1-35-22-26-38(27-23-35)55(39-28-24-36(2)25-29-39)40-30-32-41(33-31-40)56-51-21-10-9-19-48(51)52-47-18-8-6-16-45(47)50-34-49(43-20-11-13-37-12-3-4-14-42(37)43)44-15-5-7-17-46(44)53(50)54(52)56/h3-34H,1-2H3. The average Bonchev–Trinajstić information content (AvgIpc) is 3.60. The van der Waals surface area contributed by atoms with Gasteiger partial charge < -0.3 is 9.47 Å². The molecule has 11 aromatic rings. The lowest BCUT2D eigenvalue weighted by Crippen LogP contribution is -2.10. The number of aromatic nitrogens is 1. The Morgan fingerprint density at radius 1 is 0.357 bits per heavy atom. The predicted molar refractivity (Wildman–Crippen MR) is 240 cm³/mol. The van der Waals surface area contributed by atoms with E-state index in [-0.39, 0.29) is 0 Å². The van der Waals surface area contributed by atoms with E-state index in [2.05, 4.69) is 217 Å². The van der Waals surface area contributed by atoms with Crippen LogP contribution in [0.2, 0.25) is 0 Å². The van der Waals surface area contributed by atoms with Crippen molar-refractivity contribution in [1.82, 2.24) is 4.57 Å². The summed E-state index contributed by atoms with van der Waals surface area (Å²) >= 11 is 0. The lowest BCUT2D eigenvalue weighted by molar-refractivity contribution is 1.18. The van der Waals surface area contributed by atoms with Gasteiger partial charge in [0.05, 0.1) is 11.0 Å². The second-order valence-electron chi connectivity index (χ2n) is 15.1. The van der Waals surface area contributed by atoms with Crippen molar-refractivity contribution in [2.24, 2.45) is 0 Å². The van der Waals surface area contributed by atoms with Gasteiger partial charge >= 0.3 is 0 Å². The number of hydrogen-bond acceptors (Lipinski definition) is 1. The van der Waals surface area contributed by atoms with Gasteiger partial charge in [0.15, 0.2) is 0 Å². The number of rotatable bonds is 5. The quantitative estimate of drug-likeness (QED) is 0.161. The second-order valence-corrected chi connectivity index (χ2v) is 15.1. The minimum absolute atomic E-state index is 1.11. The van der Waals surface area contributed by atoms with E-state index >= 15 is 0 Å². The van der Waals surface area contributed by atoms with Crippen molar-refractivity contribution in [2.75, 3.05) is 4.90 Å². The molecule has 0 fully saturated rings. The van der Waals surface area contributed by atoms with Crippen molar-refractivity contribution < 1.29 is 0 Å². The van der Waals surface area contributed by atoms with Gasteiger partial charge in [0.25, 0.3) is 0 Å². The van der Waals surface area contributed by atoms with Crippen molar-refractivity contribution in [3.8, 4) is 16.8 Å². The molecule has 0 saturated carbocycles. The largest absolute Gasteiger partial charge is 0.311 e. The zero-order chi connectivity index (χ0) is 37.3. The van der Waals surface area contributed by atoms with Gasteiger partial charge in [0.1, 0.15) is 0 Å². The van der Waals surface area contributed by atoms with Crippen molar-refractivity contribution in [2.45, 2.75) is 13.8 Å². The molecule has 0 amide bonds. The van der Waals surface area contributed by atoms with E-state index < -0.39 is 0 Å². The third-order valence-electron chi connectivity index (χ3n) is 11.7. The fourth-order valence-electron chi connectivity index (χ4n) is 9.07. The molecule has 1 heterocycles. The third-order valence-corrected chi connectivity index (χ3v) is 11.7. The number of anilines is 3. The molecule has 0 unspecified atom stereocenters. The van der Waals surface area contributed by atoms with Crippen molar-refractivity contribution in [3.05, 3.63) is 205 Å². The van der Waals surface area contributed by atoms with Gasteiger partial charge in [-0.1, -0.05) is 145 Å². The van der Waals surface area contributed by atoms with E-state index in [0.29, 0.717) is 0 Å². The molecule has 11 rings (SSSR count). The second kappa shape index (κ2) is 12.7. The molecule has 0 saturated heterocycles. The molecule has 0 atom stereocenters. The summed E-state index contributed by atoms with van der Waals surface area (Å²) in [5.41, 5.74) is 12.0. The first-order valence-electron chi connectivity index (χ1n) is 19.4. The Bertz CT molecular complexity index is 3250. The van der Waals surface area contributed by atoms with Crippen molar-refractivity contribution in [3.63, 3.8) is 0 Å². The summed E-state index contributed by atoms with van der Waals surface area (Å²) in [6.45, 7) is 4.28. The fourth-order valence-corrected chi connectivity index (χ4v) is 9.07. The highest BCUT2D eigenvalue weighted by atomic mass is 15.1. The van der Waals surface area contributed by atoms with Gasteiger partial charge in [-0.2, -0.15) is 0 Å². The molecule has 0 aliphatic rings. The molecule has 56 heavy (non-hydrogen) atoms. The first kappa shape index (κ1) is 32.3. The topological polar surface area (TPSA) is 8.17 Å². The summed E-state index contributed by atoms with van der Waals surface area (Å²) in [6, 6.07) is 71.6. The molecule has 264 valence electrons. The van der Waals surface area contributed by atoms with E-state index in [1.807, 2.05) is 0 Å². The van der Waals surface area contributed by atoms with Gasteiger partial charge in [-0.3, -0.25) is 0 Å². The summed E-state index contributed by atoms with van der Waals surface area (Å²) < 4.78 is 2.51. The molecular formula is C54H38N2. The van der Waals surface area contributed by atoms with Crippen LogP contribution in [0.15, 0.2) is 194 Å². The van der Waals surface area contributed by atoms with Crippen LogP contribution < -0.4 is 4.90 Å². The number of aryl methyl sites for hydroxylation is 2. The first-order valence-corrected chi connectivity index (χ1v) is 19.4. The Labute approximate surface area is 326 Å². The van der Waals surface area contributed by atoms with Crippen LogP contribution in [0.4, 0.5) is 17.1 Å². The van der Waals surface area contributed by atoms with Crippen LogP contribution in [-0.4, -0.2) is 4.57 Å². The fraction of sp³-hybridized carbons (Fsp3) is 0.0370. The molecule has 1 aromatic heterocycles. The zero-order valence-corrected chi connectivity index (χ0v) is 31.4. The van der Waals surface area contributed by atoms with Gasteiger partial charge in [-0.15, -0.1) is 0 Å². The first-order chi connectivity index (χ1) is 27.6. The maximum Gasteiger partial charge on any atom is 0.0632 e. The smallest absolute Gasteiger partial charge is 0.0632 e. The SMILES string of the molecule is Cc1ccc(N(c2ccc(C)cc2)c2ccc(-n3c4ccccc4c4c5ccccc5c5cc(-c6cccc7ccccc67)c6ccccc6c5c43)cc2)cc1. The van der Waals surface area contributed by atoms with Crippen LogP contribution in [0.25, 0.3) is 81.7 Å². The Morgan fingerprint density at radius 2 is 0.839 bits per heavy atom. The minimum atomic E-state index is 1.11. The monoisotopic (exact) mass is 714 g/mol. The van der Waals surface area contributed by atoms with Gasteiger partial charge in [-0.05, 0) is 123 Å². The van der Waals surface area contributed by atoms with Crippen LogP contribution >= 0.6 is 0 Å². The summed E-state index contributed by atoms with van der Waals surface area (Å²) in [5, 5.41) is 12.7. The molecule has 2 heteroatoms. The predicted octanol–water partition coefficient (Wildman–Crippen LogP) is 15.2. The molecule has 0 radical (unpaired) electrons. The molecule has 0 aliphatic heterocycles. The van der Waals surface area contributed by atoms with E-state index in [0.717, 1.165) is 22.7 Å². The summed E-state index contributed by atoms with van der Waals surface area (Å²) in [5.74, 6) is 0. The minimum Gasteiger partial charge on any atom is -0.311 e. The van der Waals surface area contributed by atoms with E-state index in [1.165, 1.54) is 87.1 Å². The Balaban J connectivity index is 1.22. The Kier molecular flexibility index (Phi) is 7.33. The van der Waals surface area contributed by atoms with E-state index in [4.69, 9.17) is 0 Å². The third kappa shape index (κ3) is 4.96. The molecular weight excluding hydrogens is 677 g/mol. The average molecular weight is 715 g/mol. The molecule has 10 aromatic carbocycles. The number of benzene rings is 10. The van der Waals surface area contributed by atoms with Crippen LogP contribution in [0, 0.1) is 13.8 Å². The van der Waals surface area contributed by atoms with Gasteiger partial charge in [0, 0.05) is 38.9 Å².